The van der Waals surface area contributed by atoms with Gasteiger partial charge in [0.1, 0.15) is 0 Å². The highest BCUT2D eigenvalue weighted by molar-refractivity contribution is 5.96. The topological polar surface area (TPSA) is 20.3 Å². The van der Waals surface area contributed by atoms with E-state index in [1.165, 1.54) is 0 Å². The third kappa shape index (κ3) is 4.05. The molecule has 90 valence electrons. The highest BCUT2D eigenvalue weighted by Gasteiger charge is 2.03. The fourth-order valence-electron chi connectivity index (χ4n) is 1.59. The summed E-state index contributed by atoms with van der Waals surface area (Å²) in [5, 5.41) is 0. The van der Waals surface area contributed by atoms with Crippen molar-refractivity contribution in [1.82, 2.24) is 4.90 Å². The summed E-state index contributed by atoms with van der Waals surface area (Å²) in [5.41, 5.74) is 1.53. The van der Waals surface area contributed by atoms with Gasteiger partial charge < -0.3 is 0 Å². The van der Waals surface area contributed by atoms with Gasteiger partial charge in [0.25, 0.3) is 0 Å². The van der Waals surface area contributed by atoms with Crippen LogP contribution in [0.25, 0.3) is 0 Å². The van der Waals surface area contributed by atoms with Crippen LogP contribution in [0.5, 0.6) is 0 Å². The van der Waals surface area contributed by atoms with E-state index >= 15 is 0 Å². The highest BCUT2D eigenvalue weighted by Crippen LogP contribution is 2.07. The second-order valence-electron chi connectivity index (χ2n) is 3.86. The number of carbonyl (C=O) groups is 1. The summed E-state index contributed by atoms with van der Waals surface area (Å²) in [4.78, 5) is 13.6. The molecule has 0 saturated carbocycles. The molecule has 2 nitrogen and oxygen atoms in total. The number of Topliss-reactive ketones (excluding diaryl/α,β-unsaturated/α-hetero) is 1. The molecule has 1 aromatic rings. The van der Waals surface area contributed by atoms with Crippen molar-refractivity contribution in [2.45, 2.75) is 20.8 Å². The largest absolute Gasteiger partial charge is 0.294 e. The van der Waals surface area contributed by atoms with Gasteiger partial charge in [0.05, 0.1) is 6.54 Å². The van der Waals surface area contributed by atoms with Gasteiger partial charge in [0.2, 0.25) is 0 Å². The predicted molar refractivity (Wildman–Crippen MR) is 71.1 cm³/mol. The van der Waals surface area contributed by atoms with Crippen molar-refractivity contribution in [3.8, 4) is 11.8 Å². The average Bonchev–Trinajstić information content (AvgIpc) is 2.35. The van der Waals surface area contributed by atoms with E-state index in [0.29, 0.717) is 5.56 Å². The molecule has 0 bridgehead atoms. The fourth-order valence-corrected chi connectivity index (χ4v) is 1.59. The second kappa shape index (κ2) is 6.88. The first-order valence-electron chi connectivity index (χ1n) is 6.00. The number of carbonyl (C=O) groups excluding carboxylic acids is 1. The van der Waals surface area contributed by atoms with Crippen molar-refractivity contribution in [2.24, 2.45) is 0 Å². The Bertz CT molecular complexity index is 436. The molecule has 0 aromatic heterocycles. The van der Waals surface area contributed by atoms with Crippen molar-refractivity contribution in [1.29, 1.82) is 0 Å². The van der Waals surface area contributed by atoms with Gasteiger partial charge in [0.15, 0.2) is 5.78 Å². The van der Waals surface area contributed by atoms with Gasteiger partial charge >= 0.3 is 0 Å². The lowest BCUT2D eigenvalue weighted by Gasteiger charge is -2.13. The van der Waals surface area contributed by atoms with Gasteiger partial charge in [-0.15, -0.1) is 0 Å². The quantitative estimate of drug-likeness (QED) is 0.584. The minimum absolute atomic E-state index is 0.0674. The summed E-state index contributed by atoms with van der Waals surface area (Å²) >= 11 is 0. The molecule has 0 aliphatic rings. The van der Waals surface area contributed by atoms with Gasteiger partial charge in [-0.05, 0) is 26.1 Å². The first-order chi connectivity index (χ1) is 8.19. The van der Waals surface area contributed by atoms with Crippen molar-refractivity contribution in [2.75, 3.05) is 19.6 Å². The molecule has 0 aliphatic carbocycles. The normalized spacial score (nSPS) is 9.88. The molecule has 0 amide bonds. The summed E-state index contributed by atoms with van der Waals surface area (Å²) in [6.45, 7) is 8.56. The maximum Gasteiger partial charge on any atom is 0.161 e. The van der Waals surface area contributed by atoms with Gasteiger partial charge in [-0.3, -0.25) is 9.69 Å². The number of hydrogen-bond acceptors (Lipinski definition) is 2. The van der Waals surface area contributed by atoms with E-state index in [9.17, 15) is 4.79 Å². The van der Waals surface area contributed by atoms with E-state index < -0.39 is 0 Å². The Balaban J connectivity index is 2.81. The molecule has 0 fully saturated rings. The Kier molecular flexibility index (Phi) is 5.45. The number of benzene rings is 1. The number of hydrogen-bond donors (Lipinski definition) is 0. The van der Waals surface area contributed by atoms with E-state index in [1.54, 1.807) is 6.92 Å². The van der Waals surface area contributed by atoms with E-state index in [2.05, 4.69) is 30.6 Å². The van der Waals surface area contributed by atoms with Gasteiger partial charge in [-0.1, -0.05) is 43.9 Å². The molecule has 0 atom stereocenters. The summed E-state index contributed by atoms with van der Waals surface area (Å²) < 4.78 is 0. The van der Waals surface area contributed by atoms with Crippen LogP contribution in [-0.4, -0.2) is 30.3 Å². The Morgan fingerprint density at radius 1 is 1.24 bits per heavy atom. The predicted octanol–water partition coefficient (Wildman–Crippen LogP) is 2.58. The smallest absolute Gasteiger partial charge is 0.161 e. The van der Waals surface area contributed by atoms with Gasteiger partial charge in [-0.25, -0.2) is 0 Å². The second-order valence-corrected chi connectivity index (χ2v) is 3.86. The van der Waals surface area contributed by atoms with Crippen LogP contribution in [0.4, 0.5) is 0 Å². The lowest BCUT2D eigenvalue weighted by molar-refractivity contribution is 0.101. The van der Waals surface area contributed by atoms with E-state index in [4.69, 9.17) is 0 Å². The Labute approximate surface area is 104 Å². The van der Waals surface area contributed by atoms with Gasteiger partial charge in [0, 0.05) is 11.1 Å². The van der Waals surface area contributed by atoms with E-state index in [-0.39, 0.29) is 5.78 Å². The Morgan fingerprint density at radius 2 is 1.88 bits per heavy atom. The fraction of sp³-hybridized carbons (Fsp3) is 0.400. The van der Waals surface area contributed by atoms with Crippen LogP contribution in [0, 0.1) is 11.8 Å². The van der Waals surface area contributed by atoms with Crippen molar-refractivity contribution in [3.63, 3.8) is 0 Å². The average molecular weight is 229 g/mol. The number of ketones is 1. The Morgan fingerprint density at radius 3 is 2.47 bits per heavy atom. The maximum atomic E-state index is 11.4. The molecule has 17 heavy (non-hydrogen) atoms. The molecule has 1 rings (SSSR count). The van der Waals surface area contributed by atoms with Crippen LogP contribution in [0.15, 0.2) is 24.3 Å². The zero-order chi connectivity index (χ0) is 12.7. The first-order valence-corrected chi connectivity index (χ1v) is 6.00. The molecule has 0 aliphatic heterocycles. The summed E-state index contributed by atoms with van der Waals surface area (Å²) in [5.74, 6) is 6.27. The molecule has 0 spiro atoms. The third-order valence-corrected chi connectivity index (χ3v) is 2.73. The van der Waals surface area contributed by atoms with Crippen LogP contribution in [0.2, 0.25) is 0 Å². The SMILES string of the molecule is CCN(CC)CC#Cc1ccccc1C(C)=O. The molecule has 0 heterocycles. The van der Waals surface area contributed by atoms with Crippen LogP contribution < -0.4 is 0 Å². The van der Waals surface area contributed by atoms with Crippen LogP contribution >= 0.6 is 0 Å². The highest BCUT2D eigenvalue weighted by atomic mass is 16.1. The minimum atomic E-state index is 0.0674. The molecular weight excluding hydrogens is 210 g/mol. The van der Waals surface area contributed by atoms with Crippen molar-refractivity contribution >= 4 is 5.78 Å². The molecule has 2 heteroatoms. The minimum Gasteiger partial charge on any atom is -0.294 e. The zero-order valence-corrected chi connectivity index (χ0v) is 10.8. The van der Waals surface area contributed by atoms with Gasteiger partial charge in [-0.2, -0.15) is 0 Å². The summed E-state index contributed by atoms with van der Waals surface area (Å²) in [6, 6.07) is 7.50. The molecule has 0 unspecified atom stereocenters. The summed E-state index contributed by atoms with van der Waals surface area (Å²) in [6.07, 6.45) is 0. The molecular formula is C15H19NO. The van der Waals surface area contributed by atoms with E-state index in [0.717, 1.165) is 25.2 Å². The monoisotopic (exact) mass is 229 g/mol. The first kappa shape index (κ1) is 13.5. The van der Waals surface area contributed by atoms with Crippen LogP contribution in [0.3, 0.4) is 0 Å². The van der Waals surface area contributed by atoms with Crippen LogP contribution in [-0.2, 0) is 0 Å². The standard InChI is InChI=1S/C15H19NO/c1-4-16(5-2)12-8-10-14-9-6-7-11-15(14)13(3)17/h6-7,9,11H,4-5,12H2,1-3H3. The zero-order valence-electron chi connectivity index (χ0n) is 10.8. The Hall–Kier alpha value is -1.59. The molecule has 1 aromatic carbocycles. The lowest BCUT2D eigenvalue weighted by atomic mass is 10.1. The third-order valence-electron chi connectivity index (χ3n) is 2.73. The molecule has 0 radical (unpaired) electrons. The van der Waals surface area contributed by atoms with Crippen molar-refractivity contribution < 1.29 is 4.79 Å². The lowest BCUT2D eigenvalue weighted by Crippen LogP contribution is -2.22. The number of nitrogens with zero attached hydrogens (tertiary/aromatic N) is 1. The van der Waals surface area contributed by atoms with Crippen LogP contribution in [0.1, 0.15) is 36.7 Å². The molecule has 0 N–H and O–H groups in total. The molecule has 0 saturated heterocycles. The maximum absolute atomic E-state index is 11.4. The van der Waals surface area contributed by atoms with Crippen molar-refractivity contribution in [3.05, 3.63) is 35.4 Å². The van der Waals surface area contributed by atoms with E-state index in [1.807, 2.05) is 24.3 Å². The number of rotatable bonds is 4. The summed E-state index contributed by atoms with van der Waals surface area (Å²) in [7, 11) is 0.